The minimum atomic E-state index is -2.90. The van der Waals surface area contributed by atoms with Crippen molar-refractivity contribution in [2.24, 2.45) is 12.0 Å². The first-order chi connectivity index (χ1) is 14.7. The van der Waals surface area contributed by atoms with Crippen molar-refractivity contribution < 1.29 is 18.3 Å². The lowest BCUT2D eigenvalue weighted by Gasteiger charge is -2.18. The molecule has 0 radical (unpaired) electrons. The number of nitrogens with one attached hydrogen (secondary N) is 2. The first-order valence-corrected chi connectivity index (χ1v) is 10.4. The van der Waals surface area contributed by atoms with E-state index in [4.69, 9.17) is 4.74 Å². The van der Waals surface area contributed by atoms with Crippen LogP contribution in [0.5, 0.6) is 11.5 Å². The van der Waals surface area contributed by atoms with E-state index in [9.17, 15) is 8.78 Å². The molecule has 1 unspecified atom stereocenters. The molecule has 2 rings (SSSR count). The molecule has 1 aromatic heterocycles. The number of halogens is 2. The fraction of sp³-hybridized carbons (Fsp3) is 0.545. The third-order valence-corrected chi connectivity index (χ3v) is 5.01. The maximum absolute atomic E-state index is 12.6. The van der Waals surface area contributed by atoms with Gasteiger partial charge in [0.2, 0.25) is 0 Å². The molecule has 1 heterocycles. The summed E-state index contributed by atoms with van der Waals surface area (Å²) in [5.74, 6) is 1.02. The third kappa shape index (κ3) is 7.11. The maximum atomic E-state index is 12.6. The largest absolute Gasteiger partial charge is 0.493 e. The summed E-state index contributed by atoms with van der Waals surface area (Å²) in [6.45, 7) is 6.54. The predicted octanol–water partition coefficient (Wildman–Crippen LogP) is 3.38. The Morgan fingerprint density at radius 3 is 2.58 bits per heavy atom. The molecule has 2 N–H and O–H groups in total. The number of guanidine groups is 1. The van der Waals surface area contributed by atoms with Crippen molar-refractivity contribution in [2.75, 3.05) is 20.2 Å². The summed E-state index contributed by atoms with van der Waals surface area (Å²) in [5, 5.41) is 11.2. The highest BCUT2D eigenvalue weighted by molar-refractivity contribution is 5.80. The smallest absolute Gasteiger partial charge is 0.387 e. The molecule has 1 atom stereocenters. The Morgan fingerprint density at radius 1 is 1.26 bits per heavy atom. The van der Waals surface area contributed by atoms with Gasteiger partial charge >= 0.3 is 6.61 Å². The normalized spacial score (nSPS) is 12.7. The van der Waals surface area contributed by atoms with E-state index in [1.54, 1.807) is 12.1 Å². The number of alkyl halides is 2. The van der Waals surface area contributed by atoms with Crippen LogP contribution in [0.2, 0.25) is 0 Å². The highest BCUT2D eigenvalue weighted by Crippen LogP contribution is 2.29. The standard InChI is InChI=1S/C22H33F2N5O2/c1-7-25-22(27-14(2)12-18-15(3)28-29(5)16(18)4)26-11-10-17-8-9-19(30-6)20(13-17)31-21(23)24/h8-9,13-14,21H,7,10-12H2,1-6H3,(H2,25,26,27). The van der Waals surface area contributed by atoms with Crippen LogP contribution >= 0.6 is 0 Å². The molecule has 0 amide bonds. The molecular formula is C22H33F2N5O2. The zero-order chi connectivity index (χ0) is 23.0. The van der Waals surface area contributed by atoms with Gasteiger partial charge in [-0.05, 0) is 63.8 Å². The van der Waals surface area contributed by atoms with Gasteiger partial charge < -0.3 is 20.1 Å². The molecule has 0 fully saturated rings. The van der Waals surface area contributed by atoms with E-state index >= 15 is 0 Å². The van der Waals surface area contributed by atoms with Crippen LogP contribution in [-0.4, -0.2) is 48.6 Å². The summed E-state index contributed by atoms with van der Waals surface area (Å²) in [7, 11) is 3.37. The summed E-state index contributed by atoms with van der Waals surface area (Å²) in [5.41, 5.74) is 4.28. The van der Waals surface area contributed by atoms with E-state index in [1.807, 2.05) is 31.6 Å². The molecule has 0 aliphatic carbocycles. The van der Waals surface area contributed by atoms with Gasteiger partial charge in [-0.15, -0.1) is 0 Å². The summed E-state index contributed by atoms with van der Waals surface area (Å²) < 4.78 is 36.8. The zero-order valence-electron chi connectivity index (χ0n) is 19.1. The average Bonchev–Trinajstić information content (AvgIpc) is 2.94. The van der Waals surface area contributed by atoms with Crippen molar-refractivity contribution in [2.45, 2.75) is 53.2 Å². The van der Waals surface area contributed by atoms with Crippen LogP contribution < -0.4 is 20.1 Å². The van der Waals surface area contributed by atoms with Crippen LogP contribution in [0.1, 0.15) is 36.4 Å². The highest BCUT2D eigenvalue weighted by Gasteiger charge is 2.14. The second-order valence-electron chi connectivity index (χ2n) is 7.40. The Hall–Kier alpha value is -2.84. The second kappa shape index (κ2) is 11.5. The quantitative estimate of drug-likeness (QED) is 0.440. The number of aliphatic imine (C=N–C) groups is 1. The van der Waals surface area contributed by atoms with Crippen molar-refractivity contribution in [3.8, 4) is 11.5 Å². The van der Waals surface area contributed by atoms with Crippen LogP contribution in [-0.2, 0) is 19.9 Å². The Morgan fingerprint density at radius 2 is 2.00 bits per heavy atom. The van der Waals surface area contributed by atoms with Gasteiger partial charge in [-0.3, -0.25) is 9.67 Å². The number of rotatable bonds is 10. The van der Waals surface area contributed by atoms with E-state index < -0.39 is 6.61 Å². The molecule has 2 aromatic rings. The van der Waals surface area contributed by atoms with E-state index in [2.05, 4.69) is 39.3 Å². The first-order valence-electron chi connectivity index (χ1n) is 10.4. The zero-order valence-corrected chi connectivity index (χ0v) is 19.1. The molecule has 9 heteroatoms. The van der Waals surface area contributed by atoms with Gasteiger partial charge in [-0.2, -0.15) is 13.9 Å². The van der Waals surface area contributed by atoms with Gasteiger partial charge in [0, 0.05) is 31.9 Å². The minimum absolute atomic E-state index is 0.0276. The van der Waals surface area contributed by atoms with E-state index in [0.29, 0.717) is 18.9 Å². The Balaban J connectivity index is 2.01. The molecule has 172 valence electrons. The Bertz CT molecular complexity index is 883. The number of hydrogen-bond acceptors (Lipinski definition) is 4. The first kappa shape index (κ1) is 24.4. The SMILES string of the molecule is CCNC(=NCCc1ccc(OC)c(OC(F)F)c1)NC(C)Cc1c(C)nn(C)c1C. The number of hydrogen-bond donors (Lipinski definition) is 2. The number of methoxy groups -OCH3 is 1. The van der Waals surface area contributed by atoms with Crippen LogP contribution in [0.4, 0.5) is 8.78 Å². The topological polar surface area (TPSA) is 72.7 Å². The van der Waals surface area contributed by atoms with Crippen molar-refractivity contribution in [1.29, 1.82) is 0 Å². The average molecular weight is 438 g/mol. The second-order valence-corrected chi connectivity index (χ2v) is 7.40. The van der Waals surface area contributed by atoms with Gasteiger partial charge in [0.1, 0.15) is 0 Å². The molecular weight excluding hydrogens is 404 g/mol. The molecule has 1 aromatic carbocycles. The Labute approximate surface area is 182 Å². The summed E-state index contributed by atoms with van der Waals surface area (Å²) in [4.78, 5) is 4.63. The number of benzene rings is 1. The maximum Gasteiger partial charge on any atom is 0.387 e. The summed E-state index contributed by atoms with van der Waals surface area (Å²) in [6, 6.07) is 5.17. The van der Waals surface area contributed by atoms with E-state index in [0.717, 1.165) is 29.9 Å². The molecule has 0 aliphatic heterocycles. The molecule has 0 spiro atoms. The van der Waals surface area contributed by atoms with E-state index in [-0.39, 0.29) is 17.5 Å². The number of aromatic nitrogens is 2. The van der Waals surface area contributed by atoms with Crippen molar-refractivity contribution in [3.63, 3.8) is 0 Å². The molecule has 0 bridgehead atoms. The van der Waals surface area contributed by atoms with Gasteiger partial charge in [0.05, 0.1) is 12.8 Å². The fourth-order valence-electron chi connectivity index (χ4n) is 3.39. The van der Waals surface area contributed by atoms with Crippen LogP contribution in [0.25, 0.3) is 0 Å². The van der Waals surface area contributed by atoms with Crippen molar-refractivity contribution >= 4 is 5.96 Å². The molecule has 31 heavy (non-hydrogen) atoms. The van der Waals surface area contributed by atoms with Crippen LogP contribution in [0.3, 0.4) is 0 Å². The van der Waals surface area contributed by atoms with Crippen LogP contribution in [0, 0.1) is 13.8 Å². The third-order valence-electron chi connectivity index (χ3n) is 5.01. The van der Waals surface area contributed by atoms with Gasteiger partial charge in [-0.25, -0.2) is 0 Å². The van der Waals surface area contributed by atoms with E-state index in [1.165, 1.54) is 12.7 Å². The molecule has 0 saturated carbocycles. The molecule has 0 saturated heterocycles. The highest BCUT2D eigenvalue weighted by atomic mass is 19.3. The van der Waals surface area contributed by atoms with Gasteiger partial charge in [0.15, 0.2) is 17.5 Å². The number of nitrogens with zero attached hydrogens (tertiary/aromatic N) is 3. The van der Waals surface area contributed by atoms with Gasteiger partial charge in [0.25, 0.3) is 0 Å². The Kier molecular flexibility index (Phi) is 9.08. The molecule has 7 nitrogen and oxygen atoms in total. The lowest BCUT2D eigenvalue weighted by Crippen LogP contribution is -2.43. The lowest BCUT2D eigenvalue weighted by atomic mass is 10.1. The predicted molar refractivity (Wildman–Crippen MR) is 118 cm³/mol. The molecule has 0 aliphatic rings. The van der Waals surface area contributed by atoms with Crippen molar-refractivity contribution in [1.82, 2.24) is 20.4 Å². The van der Waals surface area contributed by atoms with Crippen LogP contribution in [0.15, 0.2) is 23.2 Å². The lowest BCUT2D eigenvalue weighted by molar-refractivity contribution is -0.0512. The fourth-order valence-corrected chi connectivity index (χ4v) is 3.39. The minimum Gasteiger partial charge on any atom is -0.493 e. The monoisotopic (exact) mass is 437 g/mol. The number of ether oxygens (including phenoxy) is 2. The summed E-state index contributed by atoms with van der Waals surface area (Å²) in [6.07, 6.45) is 1.41. The van der Waals surface area contributed by atoms with Crippen molar-refractivity contribution in [3.05, 3.63) is 40.7 Å². The number of aryl methyl sites for hydroxylation is 2. The van der Waals surface area contributed by atoms with Gasteiger partial charge in [-0.1, -0.05) is 6.07 Å². The summed E-state index contributed by atoms with van der Waals surface area (Å²) >= 11 is 0.